The summed E-state index contributed by atoms with van der Waals surface area (Å²) in [6.45, 7) is -0.601. The van der Waals surface area contributed by atoms with Crippen LogP contribution in [0.3, 0.4) is 0 Å². The van der Waals surface area contributed by atoms with Crippen molar-refractivity contribution in [2.75, 3.05) is 0 Å². The quantitative estimate of drug-likeness (QED) is 0.881. The van der Waals surface area contributed by atoms with Crippen LogP contribution in [0.5, 0.6) is 0 Å². The summed E-state index contributed by atoms with van der Waals surface area (Å²) in [6.07, 6.45) is 0.0145. The van der Waals surface area contributed by atoms with Crippen molar-refractivity contribution in [3.05, 3.63) is 34.2 Å². The number of hydrogen-bond donors (Lipinski definition) is 1. The molecule has 1 amide bonds. The Hall–Kier alpha value is -2.32. The Labute approximate surface area is 147 Å². The van der Waals surface area contributed by atoms with E-state index in [4.69, 9.17) is 0 Å². The van der Waals surface area contributed by atoms with E-state index in [1.807, 2.05) is 0 Å². The second-order valence-electron chi connectivity index (χ2n) is 6.86. The Morgan fingerprint density at radius 1 is 1.23 bits per heavy atom. The van der Waals surface area contributed by atoms with Crippen LogP contribution >= 0.6 is 0 Å². The third kappa shape index (κ3) is 3.34. The lowest BCUT2D eigenvalue weighted by atomic mass is 9.85. The Morgan fingerprint density at radius 3 is 2.58 bits per heavy atom. The number of aromatic nitrogens is 1. The third-order valence-corrected chi connectivity index (χ3v) is 5.29. The molecule has 2 aliphatic rings. The fourth-order valence-electron chi connectivity index (χ4n) is 4.14. The van der Waals surface area contributed by atoms with Gasteiger partial charge in [-0.1, -0.05) is 12.8 Å². The lowest BCUT2D eigenvalue weighted by Gasteiger charge is -2.33. The number of hydrogen-bond acceptors (Lipinski definition) is 3. The molecule has 1 aliphatic carbocycles. The maximum Gasteiger partial charge on any atom is 0.421 e. The molecule has 2 heterocycles. The maximum atomic E-state index is 12.9. The fourth-order valence-corrected chi connectivity index (χ4v) is 4.14. The van der Waals surface area contributed by atoms with E-state index in [9.17, 15) is 32.7 Å². The van der Waals surface area contributed by atoms with Gasteiger partial charge in [-0.15, -0.1) is 0 Å². The number of halogens is 3. The molecular formula is C17H19F3N2O4. The highest BCUT2D eigenvalue weighted by Crippen LogP contribution is 2.40. The highest BCUT2D eigenvalue weighted by Gasteiger charge is 2.47. The molecule has 1 saturated heterocycles. The fraction of sp³-hybridized carbons (Fsp3) is 0.588. The Bertz CT molecular complexity index is 774. The van der Waals surface area contributed by atoms with Crippen LogP contribution < -0.4 is 5.56 Å². The first-order valence-electron chi connectivity index (χ1n) is 8.50. The van der Waals surface area contributed by atoms with Gasteiger partial charge in [-0.3, -0.25) is 9.59 Å². The van der Waals surface area contributed by atoms with Crippen molar-refractivity contribution in [1.82, 2.24) is 9.47 Å². The lowest BCUT2D eigenvalue weighted by molar-refractivity contribution is -0.150. The number of rotatable bonds is 3. The molecule has 3 rings (SSSR count). The first kappa shape index (κ1) is 18.5. The number of pyridine rings is 1. The molecular weight excluding hydrogens is 353 g/mol. The zero-order chi connectivity index (χ0) is 19.1. The molecule has 1 N–H and O–H groups in total. The van der Waals surface area contributed by atoms with Gasteiger partial charge in [0.1, 0.15) is 18.2 Å². The summed E-state index contributed by atoms with van der Waals surface area (Å²) in [7, 11) is 0. The summed E-state index contributed by atoms with van der Waals surface area (Å²) >= 11 is 0. The van der Waals surface area contributed by atoms with Crippen molar-refractivity contribution < 1.29 is 27.9 Å². The molecule has 1 aliphatic heterocycles. The van der Waals surface area contributed by atoms with Gasteiger partial charge in [-0.2, -0.15) is 13.2 Å². The van der Waals surface area contributed by atoms with Gasteiger partial charge in [0.05, 0.1) is 0 Å². The number of amides is 1. The summed E-state index contributed by atoms with van der Waals surface area (Å²) in [5, 5.41) is 9.44. The number of carboxylic acids is 1. The van der Waals surface area contributed by atoms with E-state index >= 15 is 0 Å². The van der Waals surface area contributed by atoms with Crippen LogP contribution in [0.25, 0.3) is 0 Å². The molecule has 26 heavy (non-hydrogen) atoms. The van der Waals surface area contributed by atoms with E-state index < -0.39 is 41.8 Å². The van der Waals surface area contributed by atoms with Gasteiger partial charge in [0, 0.05) is 12.2 Å². The second kappa shape index (κ2) is 6.77. The summed E-state index contributed by atoms with van der Waals surface area (Å²) in [6, 6.07) is 0.506. The van der Waals surface area contributed by atoms with Gasteiger partial charge in [-0.25, -0.2) is 4.79 Å². The normalized spacial score (nSPS) is 25.8. The SMILES string of the molecule is O=C(O)[C@@H]1C[C@@H]2CCCC[C@H]2N1C(=O)Cn1cccc(C(F)(F)F)c1=O. The van der Waals surface area contributed by atoms with Crippen LogP contribution in [-0.2, 0) is 22.3 Å². The van der Waals surface area contributed by atoms with E-state index in [1.54, 1.807) is 0 Å². The van der Waals surface area contributed by atoms with Gasteiger partial charge >= 0.3 is 12.1 Å². The number of alkyl halides is 3. The zero-order valence-electron chi connectivity index (χ0n) is 13.9. The number of nitrogens with zero attached hydrogens (tertiary/aromatic N) is 2. The molecule has 0 spiro atoms. The molecule has 0 aromatic carbocycles. The molecule has 0 radical (unpaired) electrons. The summed E-state index contributed by atoms with van der Waals surface area (Å²) in [5.41, 5.74) is -2.65. The molecule has 1 saturated carbocycles. The summed E-state index contributed by atoms with van der Waals surface area (Å²) in [5.74, 6) is -1.66. The Morgan fingerprint density at radius 2 is 1.92 bits per heavy atom. The minimum atomic E-state index is -4.81. The Balaban J connectivity index is 1.87. The molecule has 6 nitrogen and oxygen atoms in total. The minimum Gasteiger partial charge on any atom is -0.480 e. The number of carboxylic acid groups (broad SMARTS) is 1. The zero-order valence-corrected chi connectivity index (χ0v) is 13.9. The number of likely N-dealkylation sites (tertiary alicyclic amines) is 1. The van der Waals surface area contributed by atoms with E-state index in [2.05, 4.69) is 0 Å². The topological polar surface area (TPSA) is 79.6 Å². The van der Waals surface area contributed by atoms with Crippen LogP contribution in [0.4, 0.5) is 13.2 Å². The van der Waals surface area contributed by atoms with E-state index in [0.29, 0.717) is 23.5 Å². The van der Waals surface area contributed by atoms with Gasteiger partial charge < -0.3 is 14.6 Å². The van der Waals surface area contributed by atoms with Crippen LogP contribution in [0.2, 0.25) is 0 Å². The molecule has 142 valence electrons. The average molecular weight is 372 g/mol. The highest BCUT2D eigenvalue weighted by molar-refractivity contribution is 5.84. The van der Waals surface area contributed by atoms with Crippen LogP contribution in [-0.4, -0.2) is 38.5 Å². The molecule has 0 bridgehead atoms. The predicted molar refractivity (Wildman–Crippen MR) is 84.3 cm³/mol. The van der Waals surface area contributed by atoms with E-state index in [-0.39, 0.29) is 12.0 Å². The van der Waals surface area contributed by atoms with E-state index in [1.165, 1.54) is 4.90 Å². The number of carbonyl (C=O) groups excluding carboxylic acids is 1. The molecule has 3 atom stereocenters. The van der Waals surface area contributed by atoms with Gasteiger partial charge in [0.15, 0.2) is 0 Å². The lowest BCUT2D eigenvalue weighted by Crippen LogP contribution is -2.48. The van der Waals surface area contributed by atoms with Crippen molar-refractivity contribution in [3.63, 3.8) is 0 Å². The number of aliphatic carboxylic acids is 1. The highest BCUT2D eigenvalue weighted by atomic mass is 19.4. The largest absolute Gasteiger partial charge is 0.480 e. The van der Waals surface area contributed by atoms with Crippen molar-refractivity contribution in [3.8, 4) is 0 Å². The summed E-state index contributed by atoms with van der Waals surface area (Å²) < 4.78 is 39.3. The van der Waals surface area contributed by atoms with Crippen LogP contribution in [0, 0.1) is 5.92 Å². The van der Waals surface area contributed by atoms with Gasteiger partial charge in [0.2, 0.25) is 5.91 Å². The standard InChI is InChI=1S/C17H19F3N2O4/c18-17(19,20)11-5-3-7-21(15(11)24)9-14(23)22-12-6-2-1-4-10(12)8-13(22)16(25)26/h3,5,7,10,12-13H,1-2,4,6,8-9H2,(H,25,26)/t10-,12+,13-/m0/s1. The predicted octanol–water partition coefficient (Wildman–Crippen LogP) is 2.11. The molecule has 0 unspecified atom stereocenters. The summed E-state index contributed by atoms with van der Waals surface area (Å²) in [4.78, 5) is 37.6. The van der Waals surface area contributed by atoms with Crippen LogP contribution in [0.1, 0.15) is 37.7 Å². The number of fused-ring (bicyclic) bond motifs is 1. The first-order chi connectivity index (χ1) is 12.2. The van der Waals surface area contributed by atoms with Crippen molar-refractivity contribution >= 4 is 11.9 Å². The smallest absolute Gasteiger partial charge is 0.421 e. The molecule has 1 aromatic rings. The Kier molecular flexibility index (Phi) is 4.81. The third-order valence-electron chi connectivity index (χ3n) is 5.29. The van der Waals surface area contributed by atoms with Crippen molar-refractivity contribution in [1.29, 1.82) is 0 Å². The average Bonchev–Trinajstić information content (AvgIpc) is 2.95. The second-order valence-corrected chi connectivity index (χ2v) is 6.86. The van der Waals surface area contributed by atoms with Gasteiger partial charge in [0.25, 0.3) is 5.56 Å². The molecule has 1 aromatic heterocycles. The van der Waals surface area contributed by atoms with Crippen molar-refractivity contribution in [2.24, 2.45) is 5.92 Å². The van der Waals surface area contributed by atoms with Crippen molar-refractivity contribution in [2.45, 2.75) is 56.9 Å². The first-order valence-corrected chi connectivity index (χ1v) is 8.50. The number of carbonyl (C=O) groups is 2. The molecule has 9 heteroatoms. The van der Waals surface area contributed by atoms with Crippen LogP contribution in [0.15, 0.2) is 23.1 Å². The van der Waals surface area contributed by atoms with E-state index in [0.717, 1.165) is 31.5 Å². The molecule has 2 fully saturated rings. The monoisotopic (exact) mass is 372 g/mol. The maximum absolute atomic E-state index is 12.9. The van der Waals surface area contributed by atoms with Gasteiger partial charge in [-0.05, 0) is 37.3 Å². The minimum absolute atomic E-state index is 0.0898.